The minimum atomic E-state index is -0.405. The smallest absolute Gasteiger partial charge is 0.195 e. The van der Waals surface area contributed by atoms with Crippen LogP contribution in [0.25, 0.3) is 22.6 Å². The van der Waals surface area contributed by atoms with E-state index in [1.54, 1.807) is 0 Å². The van der Waals surface area contributed by atoms with Crippen LogP contribution in [0.1, 0.15) is 5.56 Å². The van der Waals surface area contributed by atoms with Crippen molar-refractivity contribution in [2.24, 2.45) is 0 Å². The van der Waals surface area contributed by atoms with Gasteiger partial charge in [-0.15, -0.1) is 0 Å². The summed E-state index contributed by atoms with van der Waals surface area (Å²) in [4.78, 5) is 4.00. The first-order valence-electron chi connectivity index (χ1n) is 6.09. The lowest BCUT2D eigenvalue weighted by molar-refractivity contribution is 0.434. The van der Waals surface area contributed by atoms with Gasteiger partial charge >= 0.3 is 0 Å². The van der Waals surface area contributed by atoms with Gasteiger partial charge in [-0.3, -0.25) is 0 Å². The van der Waals surface area contributed by atoms with E-state index in [0.29, 0.717) is 17.0 Å². The van der Waals surface area contributed by atoms with Gasteiger partial charge in [0, 0.05) is 0 Å². The van der Waals surface area contributed by atoms with Gasteiger partial charge in [0.15, 0.2) is 11.6 Å². The van der Waals surface area contributed by atoms with E-state index in [-0.39, 0.29) is 5.82 Å². The Morgan fingerprint density at radius 3 is 2.50 bits per heavy atom. The molecule has 0 saturated carbocycles. The lowest BCUT2D eigenvalue weighted by Crippen LogP contribution is -1.90. The van der Waals surface area contributed by atoms with Crippen molar-refractivity contribution in [2.45, 2.75) is 6.92 Å². The van der Waals surface area contributed by atoms with E-state index in [1.807, 2.05) is 31.2 Å². The van der Waals surface area contributed by atoms with Crippen LogP contribution in [0, 0.1) is 12.7 Å². The molecule has 20 heavy (non-hydrogen) atoms. The predicted molar refractivity (Wildman–Crippen MR) is 74.3 cm³/mol. The number of hydrogen-bond donors (Lipinski definition) is 1. The monoisotopic (exact) mass is 269 g/mol. The minimum absolute atomic E-state index is 0.287. The number of anilines is 1. The minimum Gasteiger partial charge on any atom is -0.380 e. The molecule has 4 nitrogen and oxygen atoms in total. The van der Waals surface area contributed by atoms with Crippen molar-refractivity contribution in [3.63, 3.8) is 0 Å². The van der Waals surface area contributed by atoms with Crippen molar-refractivity contribution >= 4 is 5.82 Å². The molecule has 2 N–H and O–H groups in total. The SMILES string of the molecule is Cc1ccc(-c2c(N)noc2-c2ccc(F)cn2)cc1. The summed E-state index contributed by atoms with van der Waals surface area (Å²) in [5, 5.41) is 3.78. The fourth-order valence-electron chi connectivity index (χ4n) is 1.99. The number of halogens is 1. The quantitative estimate of drug-likeness (QED) is 0.774. The van der Waals surface area contributed by atoms with Crippen LogP contribution in [-0.4, -0.2) is 10.1 Å². The molecule has 5 heteroatoms. The molecule has 0 radical (unpaired) electrons. The highest BCUT2D eigenvalue weighted by Crippen LogP contribution is 2.35. The Morgan fingerprint density at radius 1 is 1.10 bits per heavy atom. The van der Waals surface area contributed by atoms with E-state index < -0.39 is 5.82 Å². The van der Waals surface area contributed by atoms with Crippen LogP contribution in [0.2, 0.25) is 0 Å². The molecular formula is C15H12FN3O. The maximum Gasteiger partial charge on any atom is 0.195 e. The molecule has 2 heterocycles. The summed E-state index contributed by atoms with van der Waals surface area (Å²) in [6.45, 7) is 2.00. The van der Waals surface area contributed by atoms with Crippen LogP contribution in [0.15, 0.2) is 47.1 Å². The van der Waals surface area contributed by atoms with Crippen LogP contribution in [-0.2, 0) is 0 Å². The molecule has 0 spiro atoms. The van der Waals surface area contributed by atoms with Crippen molar-refractivity contribution in [1.29, 1.82) is 0 Å². The number of nitrogens with zero attached hydrogens (tertiary/aromatic N) is 2. The fraction of sp³-hybridized carbons (Fsp3) is 0.0667. The molecule has 0 fully saturated rings. The molecule has 3 aromatic rings. The molecule has 0 atom stereocenters. The van der Waals surface area contributed by atoms with E-state index in [0.717, 1.165) is 17.3 Å². The molecule has 0 bridgehead atoms. The lowest BCUT2D eigenvalue weighted by atomic mass is 10.0. The zero-order valence-corrected chi connectivity index (χ0v) is 10.8. The summed E-state index contributed by atoms with van der Waals surface area (Å²) < 4.78 is 18.2. The Labute approximate surface area is 115 Å². The van der Waals surface area contributed by atoms with E-state index >= 15 is 0 Å². The molecular weight excluding hydrogens is 257 g/mol. The van der Waals surface area contributed by atoms with Gasteiger partial charge in [-0.2, -0.15) is 0 Å². The first kappa shape index (κ1) is 12.3. The Kier molecular flexibility index (Phi) is 2.95. The van der Waals surface area contributed by atoms with Crippen LogP contribution in [0.5, 0.6) is 0 Å². The largest absolute Gasteiger partial charge is 0.380 e. The molecule has 0 aliphatic carbocycles. The Balaban J connectivity index is 2.14. The summed E-state index contributed by atoms with van der Waals surface area (Å²) in [7, 11) is 0. The van der Waals surface area contributed by atoms with Crippen molar-refractivity contribution < 1.29 is 8.91 Å². The maximum absolute atomic E-state index is 12.9. The Hall–Kier alpha value is -2.69. The highest BCUT2D eigenvalue weighted by atomic mass is 19.1. The Morgan fingerprint density at radius 2 is 1.85 bits per heavy atom. The number of benzene rings is 1. The third-order valence-electron chi connectivity index (χ3n) is 3.02. The first-order chi connectivity index (χ1) is 9.65. The predicted octanol–water partition coefficient (Wildman–Crippen LogP) is 3.43. The number of nitrogen functional groups attached to an aromatic ring is 1. The third-order valence-corrected chi connectivity index (χ3v) is 3.02. The summed E-state index contributed by atoms with van der Waals surface area (Å²) in [6.07, 6.45) is 1.13. The lowest BCUT2D eigenvalue weighted by Gasteiger charge is -2.03. The molecule has 0 aliphatic rings. The topological polar surface area (TPSA) is 64.9 Å². The number of pyridine rings is 1. The molecule has 0 amide bonds. The highest BCUT2D eigenvalue weighted by Gasteiger charge is 2.18. The molecule has 0 unspecified atom stereocenters. The second-order valence-electron chi connectivity index (χ2n) is 4.50. The highest BCUT2D eigenvalue weighted by molar-refractivity contribution is 5.85. The summed E-state index contributed by atoms with van der Waals surface area (Å²) >= 11 is 0. The van der Waals surface area contributed by atoms with E-state index in [1.165, 1.54) is 12.1 Å². The normalized spacial score (nSPS) is 10.7. The van der Waals surface area contributed by atoms with Crippen LogP contribution >= 0.6 is 0 Å². The van der Waals surface area contributed by atoms with Crippen LogP contribution < -0.4 is 5.73 Å². The first-order valence-corrected chi connectivity index (χ1v) is 6.09. The summed E-state index contributed by atoms with van der Waals surface area (Å²) in [6, 6.07) is 10.7. The average Bonchev–Trinajstić information content (AvgIpc) is 2.83. The van der Waals surface area contributed by atoms with E-state index in [9.17, 15) is 4.39 Å². The second kappa shape index (κ2) is 4.77. The zero-order chi connectivity index (χ0) is 14.1. The molecule has 2 aromatic heterocycles. The number of hydrogen-bond acceptors (Lipinski definition) is 4. The van der Waals surface area contributed by atoms with E-state index in [4.69, 9.17) is 10.3 Å². The summed E-state index contributed by atoms with van der Waals surface area (Å²) in [5.74, 6) is 0.319. The van der Waals surface area contributed by atoms with Crippen LogP contribution in [0.3, 0.4) is 0 Å². The van der Waals surface area contributed by atoms with Gasteiger partial charge in [-0.1, -0.05) is 35.0 Å². The van der Waals surface area contributed by atoms with Crippen molar-refractivity contribution in [1.82, 2.24) is 10.1 Å². The van der Waals surface area contributed by atoms with Gasteiger partial charge in [0.2, 0.25) is 0 Å². The van der Waals surface area contributed by atoms with Crippen LogP contribution in [0.4, 0.5) is 10.2 Å². The maximum atomic E-state index is 12.9. The molecule has 0 aliphatic heterocycles. The summed E-state index contributed by atoms with van der Waals surface area (Å²) in [5.41, 5.74) is 9.06. The number of rotatable bonds is 2. The molecule has 1 aromatic carbocycles. The zero-order valence-electron chi connectivity index (χ0n) is 10.8. The molecule has 0 saturated heterocycles. The van der Waals surface area contributed by atoms with Crippen molar-refractivity contribution in [3.8, 4) is 22.6 Å². The number of nitrogens with two attached hydrogens (primary N) is 1. The number of aryl methyl sites for hydroxylation is 1. The van der Waals surface area contributed by atoms with Gasteiger partial charge in [0.1, 0.15) is 11.5 Å². The average molecular weight is 269 g/mol. The second-order valence-corrected chi connectivity index (χ2v) is 4.50. The van der Waals surface area contributed by atoms with Gasteiger partial charge in [0.05, 0.1) is 11.8 Å². The Bertz CT molecular complexity index is 733. The fourth-order valence-corrected chi connectivity index (χ4v) is 1.99. The molecule has 100 valence electrons. The number of aromatic nitrogens is 2. The van der Waals surface area contributed by atoms with Crippen molar-refractivity contribution in [2.75, 3.05) is 5.73 Å². The third kappa shape index (κ3) is 2.14. The van der Waals surface area contributed by atoms with Gasteiger partial charge in [0.25, 0.3) is 0 Å². The van der Waals surface area contributed by atoms with Gasteiger partial charge < -0.3 is 10.3 Å². The van der Waals surface area contributed by atoms with Gasteiger partial charge in [-0.05, 0) is 24.6 Å². The van der Waals surface area contributed by atoms with Crippen molar-refractivity contribution in [3.05, 3.63) is 54.0 Å². The standard InChI is InChI=1S/C15H12FN3O/c1-9-2-4-10(5-3-9)13-14(20-19-15(13)17)12-7-6-11(16)8-18-12/h2-8H,1H3,(H2,17,19). The molecule has 3 rings (SSSR count). The van der Waals surface area contributed by atoms with E-state index in [2.05, 4.69) is 10.1 Å². The van der Waals surface area contributed by atoms with Gasteiger partial charge in [-0.25, -0.2) is 9.37 Å².